The third kappa shape index (κ3) is 7.90. The first-order valence-corrected chi connectivity index (χ1v) is 6.16. The van der Waals surface area contributed by atoms with Crippen LogP contribution in [0.1, 0.15) is 12.8 Å². The highest BCUT2D eigenvalue weighted by atomic mass is 16.5. The lowest BCUT2D eigenvalue weighted by molar-refractivity contribution is 0.0695. The zero-order valence-corrected chi connectivity index (χ0v) is 10.6. The molecule has 1 aromatic rings. The van der Waals surface area contributed by atoms with Gasteiger partial charge in [-0.25, -0.2) is 4.98 Å². The van der Waals surface area contributed by atoms with Crippen LogP contribution < -0.4 is 5.32 Å². The Bertz CT molecular complexity index is 252. The topological polar surface area (TPSA) is 48.3 Å². The Morgan fingerprint density at radius 3 is 2.82 bits per heavy atom. The second kappa shape index (κ2) is 10.3. The average Bonchev–Trinajstić information content (AvgIpc) is 2.85. The Hall–Kier alpha value is -0.910. The summed E-state index contributed by atoms with van der Waals surface area (Å²) in [5.74, 6) is 0. The second-order valence-corrected chi connectivity index (χ2v) is 3.86. The molecular weight excluding hydrogens is 218 g/mol. The normalized spacial score (nSPS) is 10.9. The van der Waals surface area contributed by atoms with Crippen LogP contribution in [-0.2, 0) is 16.0 Å². The van der Waals surface area contributed by atoms with E-state index in [0.29, 0.717) is 13.2 Å². The predicted octanol–water partition coefficient (Wildman–Crippen LogP) is 0.916. The first-order chi connectivity index (χ1) is 8.43. The van der Waals surface area contributed by atoms with Crippen molar-refractivity contribution in [2.24, 2.45) is 0 Å². The Kier molecular flexibility index (Phi) is 8.54. The molecule has 0 aromatic carbocycles. The number of nitrogens with zero attached hydrogens (tertiary/aromatic N) is 2. The minimum atomic E-state index is 0.679. The van der Waals surface area contributed by atoms with Gasteiger partial charge in [-0.2, -0.15) is 0 Å². The van der Waals surface area contributed by atoms with Gasteiger partial charge in [0.1, 0.15) is 0 Å². The Morgan fingerprint density at radius 1 is 1.18 bits per heavy atom. The number of hydrogen-bond donors (Lipinski definition) is 1. The van der Waals surface area contributed by atoms with Crippen LogP contribution in [0.3, 0.4) is 0 Å². The van der Waals surface area contributed by atoms with Gasteiger partial charge >= 0.3 is 0 Å². The summed E-state index contributed by atoms with van der Waals surface area (Å²) in [5, 5.41) is 3.39. The smallest absolute Gasteiger partial charge is 0.0945 e. The highest BCUT2D eigenvalue weighted by Gasteiger charge is 1.92. The van der Waals surface area contributed by atoms with Crippen molar-refractivity contribution in [2.75, 3.05) is 40.0 Å². The molecule has 0 aliphatic carbocycles. The van der Waals surface area contributed by atoms with Crippen molar-refractivity contribution in [3.63, 3.8) is 0 Å². The molecule has 0 saturated carbocycles. The van der Waals surface area contributed by atoms with Crippen LogP contribution in [0.25, 0.3) is 0 Å². The molecule has 0 aliphatic rings. The van der Waals surface area contributed by atoms with Crippen molar-refractivity contribution in [1.82, 2.24) is 14.9 Å². The molecule has 1 N–H and O–H groups in total. The third-order valence-electron chi connectivity index (χ3n) is 2.40. The van der Waals surface area contributed by atoms with Crippen LogP contribution in [0.15, 0.2) is 18.7 Å². The Balaban J connectivity index is 1.76. The standard InChI is InChI=1S/C12H23N3O2/c1-16-10-11-17-9-3-5-13-4-2-7-15-8-6-14-12-15/h6,8,12-13H,2-5,7,9-11H2,1H3. The van der Waals surface area contributed by atoms with Gasteiger partial charge in [0.2, 0.25) is 0 Å². The average molecular weight is 241 g/mol. The fraction of sp³-hybridized carbons (Fsp3) is 0.750. The monoisotopic (exact) mass is 241 g/mol. The Labute approximate surface area is 103 Å². The fourth-order valence-electron chi connectivity index (χ4n) is 1.47. The van der Waals surface area contributed by atoms with Gasteiger partial charge < -0.3 is 19.4 Å². The number of rotatable bonds is 11. The molecule has 1 heterocycles. The van der Waals surface area contributed by atoms with Crippen LogP contribution >= 0.6 is 0 Å². The van der Waals surface area contributed by atoms with E-state index in [2.05, 4.69) is 14.9 Å². The number of methoxy groups -OCH3 is 1. The minimum Gasteiger partial charge on any atom is -0.382 e. The van der Waals surface area contributed by atoms with E-state index in [9.17, 15) is 0 Å². The van der Waals surface area contributed by atoms with E-state index in [1.165, 1.54) is 0 Å². The number of nitrogens with one attached hydrogen (secondary N) is 1. The molecule has 5 nitrogen and oxygen atoms in total. The van der Waals surface area contributed by atoms with Gasteiger partial charge in [-0.05, 0) is 25.9 Å². The van der Waals surface area contributed by atoms with Crippen molar-refractivity contribution in [2.45, 2.75) is 19.4 Å². The summed E-state index contributed by atoms with van der Waals surface area (Å²) < 4.78 is 12.3. The summed E-state index contributed by atoms with van der Waals surface area (Å²) in [5.41, 5.74) is 0. The van der Waals surface area contributed by atoms with Crippen molar-refractivity contribution >= 4 is 0 Å². The molecule has 0 atom stereocenters. The molecule has 0 radical (unpaired) electrons. The molecule has 0 amide bonds. The van der Waals surface area contributed by atoms with Crippen molar-refractivity contribution in [1.29, 1.82) is 0 Å². The summed E-state index contributed by atoms with van der Waals surface area (Å²) in [6.07, 6.45) is 7.83. The molecule has 5 heteroatoms. The number of aromatic nitrogens is 2. The quantitative estimate of drug-likeness (QED) is 0.585. The molecule has 0 aliphatic heterocycles. The zero-order valence-electron chi connectivity index (χ0n) is 10.6. The lowest BCUT2D eigenvalue weighted by Gasteiger charge is -2.06. The van der Waals surface area contributed by atoms with Gasteiger partial charge in [-0.1, -0.05) is 0 Å². The summed E-state index contributed by atoms with van der Waals surface area (Å²) in [6, 6.07) is 0. The summed E-state index contributed by atoms with van der Waals surface area (Å²) in [4.78, 5) is 4.00. The van der Waals surface area contributed by atoms with Crippen LogP contribution in [0.5, 0.6) is 0 Å². The van der Waals surface area contributed by atoms with Gasteiger partial charge in [0, 0.05) is 32.7 Å². The zero-order chi connectivity index (χ0) is 12.2. The van der Waals surface area contributed by atoms with E-state index in [-0.39, 0.29) is 0 Å². The van der Waals surface area contributed by atoms with E-state index in [0.717, 1.165) is 39.1 Å². The SMILES string of the molecule is COCCOCCCNCCCn1ccnc1. The molecule has 98 valence electrons. The van der Waals surface area contributed by atoms with Crippen molar-refractivity contribution in [3.05, 3.63) is 18.7 Å². The number of imidazole rings is 1. The van der Waals surface area contributed by atoms with E-state index in [1.807, 2.05) is 18.7 Å². The molecular formula is C12H23N3O2. The highest BCUT2D eigenvalue weighted by Crippen LogP contribution is 1.89. The molecule has 0 bridgehead atoms. The van der Waals surface area contributed by atoms with Crippen LogP contribution in [-0.4, -0.2) is 49.6 Å². The summed E-state index contributed by atoms with van der Waals surface area (Å²) in [7, 11) is 1.69. The van der Waals surface area contributed by atoms with E-state index in [1.54, 1.807) is 7.11 Å². The minimum absolute atomic E-state index is 0.679. The largest absolute Gasteiger partial charge is 0.382 e. The second-order valence-electron chi connectivity index (χ2n) is 3.86. The molecule has 17 heavy (non-hydrogen) atoms. The first kappa shape index (κ1) is 14.2. The lowest BCUT2D eigenvalue weighted by Crippen LogP contribution is -2.19. The van der Waals surface area contributed by atoms with Crippen molar-refractivity contribution < 1.29 is 9.47 Å². The number of hydrogen-bond acceptors (Lipinski definition) is 4. The van der Waals surface area contributed by atoms with Gasteiger partial charge in [0.05, 0.1) is 19.5 Å². The molecule has 1 aromatic heterocycles. The Morgan fingerprint density at radius 2 is 2.06 bits per heavy atom. The van der Waals surface area contributed by atoms with Crippen LogP contribution in [0.2, 0.25) is 0 Å². The van der Waals surface area contributed by atoms with E-state index in [4.69, 9.17) is 9.47 Å². The first-order valence-electron chi connectivity index (χ1n) is 6.16. The maximum atomic E-state index is 5.36. The van der Waals surface area contributed by atoms with Gasteiger partial charge in [0.15, 0.2) is 0 Å². The summed E-state index contributed by atoms with van der Waals surface area (Å²) in [6.45, 7) is 5.25. The predicted molar refractivity (Wildman–Crippen MR) is 67.0 cm³/mol. The van der Waals surface area contributed by atoms with Crippen LogP contribution in [0, 0.1) is 0 Å². The maximum Gasteiger partial charge on any atom is 0.0945 e. The summed E-state index contributed by atoms with van der Waals surface area (Å²) >= 11 is 0. The van der Waals surface area contributed by atoms with Crippen molar-refractivity contribution in [3.8, 4) is 0 Å². The molecule has 0 unspecified atom stereocenters. The van der Waals surface area contributed by atoms with Gasteiger partial charge in [0.25, 0.3) is 0 Å². The molecule has 0 spiro atoms. The third-order valence-corrected chi connectivity index (χ3v) is 2.40. The van der Waals surface area contributed by atoms with Crippen LogP contribution in [0.4, 0.5) is 0 Å². The van der Waals surface area contributed by atoms with E-state index >= 15 is 0 Å². The molecule has 1 rings (SSSR count). The van der Waals surface area contributed by atoms with E-state index < -0.39 is 0 Å². The molecule has 0 fully saturated rings. The highest BCUT2D eigenvalue weighted by molar-refractivity contribution is 4.73. The maximum absolute atomic E-state index is 5.36. The van der Waals surface area contributed by atoms with Gasteiger partial charge in [-0.3, -0.25) is 0 Å². The van der Waals surface area contributed by atoms with Gasteiger partial charge in [-0.15, -0.1) is 0 Å². The molecule has 0 saturated heterocycles. The fourth-order valence-corrected chi connectivity index (χ4v) is 1.47. The number of aryl methyl sites for hydroxylation is 1. The lowest BCUT2D eigenvalue weighted by atomic mass is 10.4. The number of ether oxygens (including phenoxy) is 2.